The Morgan fingerprint density at radius 3 is 1.78 bits per heavy atom. The predicted octanol–water partition coefficient (Wildman–Crippen LogP) is 9.96. The minimum atomic E-state index is -3.18. The highest BCUT2D eigenvalue weighted by molar-refractivity contribution is 5.27. The van der Waals surface area contributed by atoms with E-state index in [1.165, 1.54) is 75.3 Å². The van der Waals surface area contributed by atoms with Gasteiger partial charge in [0.05, 0.1) is 13.0 Å². The van der Waals surface area contributed by atoms with Crippen LogP contribution < -0.4 is 0 Å². The van der Waals surface area contributed by atoms with Crippen LogP contribution in [0.1, 0.15) is 112 Å². The molecule has 2 fully saturated rings. The third-order valence-corrected chi connectivity index (χ3v) is 8.81. The average Bonchev–Trinajstić information content (AvgIpc) is 2.92. The maximum atomic E-state index is 14.6. The molecule has 0 unspecified atom stereocenters. The number of benzene rings is 2. The molecular weight excluding hydrogens is 450 g/mol. The van der Waals surface area contributed by atoms with Crippen molar-refractivity contribution >= 4 is 0 Å². The summed E-state index contributed by atoms with van der Waals surface area (Å²) in [6, 6.07) is 16.0. The Morgan fingerprint density at radius 2 is 1.28 bits per heavy atom. The van der Waals surface area contributed by atoms with E-state index in [2.05, 4.69) is 25.6 Å². The molecule has 0 saturated heterocycles. The summed E-state index contributed by atoms with van der Waals surface area (Å²) in [5, 5.41) is 0. The zero-order chi connectivity index (χ0) is 25.4. The van der Waals surface area contributed by atoms with Gasteiger partial charge in [0.2, 0.25) is 0 Å². The van der Waals surface area contributed by atoms with E-state index in [9.17, 15) is 8.78 Å². The van der Waals surface area contributed by atoms with Crippen LogP contribution >= 0.6 is 0 Å². The first kappa shape index (κ1) is 27.0. The zero-order valence-corrected chi connectivity index (χ0v) is 22.1. The Bertz CT molecular complexity index is 917. The van der Waals surface area contributed by atoms with Gasteiger partial charge in [0.25, 0.3) is 0 Å². The number of rotatable bonds is 11. The van der Waals surface area contributed by atoms with Crippen molar-refractivity contribution in [2.75, 3.05) is 0 Å². The Hall–Kier alpha value is -2.00. The minimum absolute atomic E-state index is 0.0691. The molecule has 0 heterocycles. The molecule has 2 aliphatic carbocycles. The van der Waals surface area contributed by atoms with Crippen molar-refractivity contribution in [1.29, 1.82) is 0 Å². The second kappa shape index (κ2) is 13.0. The van der Waals surface area contributed by atoms with Crippen LogP contribution in [0.15, 0.2) is 61.2 Å². The van der Waals surface area contributed by atoms with E-state index in [1.807, 2.05) is 42.5 Å². The molecule has 0 bridgehead atoms. The summed E-state index contributed by atoms with van der Waals surface area (Å²) < 4.78 is 34.3. The number of hydrogen-bond donors (Lipinski definition) is 0. The van der Waals surface area contributed by atoms with Gasteiger partial charge in [0.1, 0.15) is 0 Å². The molecule has 3 heteroatoms. The van der Waals surface area contributed by atoms with Gasteiger partial charge in [-0.1, -0.05) is 68.0 Å². The van der Waals surface area contributed by atoms with Crippen molar-refractivity contribution in [1.82, 2.24) is 0 Å². The van der Waals surface area contributed by atoms with Crippen molar-refractivity contribution in [3.05, 3.63) is 83.4 Å². The number of hydrogen-bond acceptors (Lipinski definition) is 1. The zero-order valence-electron chi connectivity index (χ0n) is 22.1. The molecule has 2 aliphatic rings. The number of ether oxygens (including phenoxy) is 1. The molecule has 1 nitrogen and oxygen atoms in total. The largest absolute Gasteiger partial charge is 0.360 e. The van der Waals surface area contributed by atoms with Crippen molar-refractivity contribution in [2.24, 2.45) is 11.8 Å². The normalized spacial score (nSPS) is 25.0. The highest BCUT2D eigenvalue weighted by Gasteiger charge is 2.31. The van der Waals surface area contributed by atoms with Crippen LogP contribution in [0.4, 0.5) is 8.78 Å². The van der Waals surface area contributed by atoms with Gasteiger partial charge in [-0.15, -0.1) is 6.58 Å². The SMILES string of the molecule is C=CCCC1CCC(c2ccc(COC(F)(F)Cc3ccc(C4CCC(CC)CC4)cc3)cc2)CC1. The lowest BCUT2D eigenvalue weighted by Crippen LogP contribution is -2.23. The topological polar surface area (TPSA) is 9.23 Å². The molecule has 0 radical (unpaired) electrons. The van der Waals surface area contributed by atoms with Crippen molar-refractivity contribution in [3.8, 4) is 0 Å². The third-order valence-electron chi connectivity index (χ3n) is 8.81. The number of allylic oxidation sites excluding steroid dienone is 1. The summed E-state index contributed by atoms with van der Waals surface area (Å²) in [5.41, 5.74) is 4.06. The Morgan fingerprint density at radius 1 is 0.778 bits per heavy atom. The maximum absolute atomic E-state index is 14.6. The summed E-state index contributed by atoms with van der Waals surface area (Å²) in [6.45, 7) is 6.04. The third kappa shape index (κ3) is 7.75. The fraction of sp³-hybridized carbons (Fsp3) is 0.576. The molecule has 0 atom stereocenters. The van der Waals surface area contributed by atoms with Crippen LogP contribution in [-0.4, -0.2) is 6.11 Å². The molecule has 2 aromatic carbocycles. The van der Waals surface area contributed by atoms with E-state index in [1.54, 1.807) is 0 Å². The molecule has 0 aromatic heterocycles. The molecule has 196 valence electrons. The molecule has 2 saturated carbocycles. The Kier molecular flexibility index (Phi) is 9.76. The van der Waals surface area contributed by atoms with Gasteiger partial charge < -0.3 is 4.74 Å². The lowest BCUT2D eigenvalue weighted by molar-refractivity contribution is -0.244. The van der Waals surface area contributed by atoms with E-state index >= 15 is 0 Å². The standard InChI is InChI=1S/C33H44F2O/c1-3-5-6-26-9-17-30(18-10-26)32-21-13-28(14-22-32)24-36-33(34,35)23-27-11-19-31(20-12-27)29-15-7-25(4-2)8-16-29/h3,11-14,19-22,25-26,29-30H,1,4-10,15-18,23-24H2,2H3. The van der Waals surface area contributed by atoms with Gasteiger partial charge in [-0.05, 0) is 110 Å². The van der Waals surface area contributed by atoms with Crippen LogP contribution in [0, 0.1) is 11.8 Å². The first-order valence-electron chi connectivity index (χ1n) is 14.3. The highest BCUT2D eigenvalue weighted by atomic mass is 19.3. The van der Waals surface area contributed by atoms with Crippen LogP contribution in [0.5, 0.6) is 0 Å². The lowest BCUT2D eigenvalue weighted by Gasteiger charge is -2.28. The van der Waals surface area contributed by atoms with Gasteiger partial charge in [-0.25, -0.2) is 0 Å². The second-order valence-corrected chi connectivity index (χ2v) is 11.3. The van der Waals surface area contributed by atoms with Crippen LogP contribution in [0.2, 0.25) is 0 Å². The van der Waals surface area contributed by atoms with Crippen LogP contribution in [-0.2, 0) is 17.8 Å². The van der Waals surface area contributed by atoms with E-state index in [4.69, 9.17) is 4.74 Å². The van der Waals surface area contributed by atoms with E-state index < -0.39 is 6.11 Å². The van der Waals surface area contributed by atoms with Crippen molar-refractivity contribution < 1.29 is 13.5 Å². The summed E-state index contributed by atoms with van der Waals surface area (Å²) in [7, 11) is 0. The number of halogens is 2. The molecule has 36 heavy (non-hydrogen) atoms. The molecular formula is C33H44F2O. The molecule has 2 aromatic rings. The quantitative estimate of drug-likeness (QED) is 0.282. The first-order chi connectivity index (χ1) is 17.5. The Balaban J connectivity index is 1.22. The Labute approximate surface area is 217 Å². The maximum Gasteiger partial charge on any atom is 0.360 e. The molecule has 0 amide bonds. The smallest absolute Gasteiger partial charge is 0.315 e. The van der Waals surface area contributed by atoms with E-state index in [0.717, 1.165) is 23.8 Å². The minimum Gasteiger partial charge on any atom is -0.315 e. The summed E-state index contributed by atoms with van der Waals surface area (Å²) in [5.74, 6) is 2.85. The molecule has 0 N–H and O–H groups in total. The fourth-order valence-corrected chi connectivity index (χ4v) is 6.31. The monoisotopic (exact) mass is 494 g/mol. The van der Waals surface area contributed by atoms with Gasteiger partial charge in [-0.3, -0.25) is 0 Å². The fourth-order valence-electron chi connectivity index (χ4n) is 6.31. The van der Waals surface area contributed by atoms with E-state index in [-0.39, 0.29) is 13.0 Å². The molecule has 4 rings (SSSR count). The second-order valence-electron chi connectivity index (χ2n) is 11.3. The highest BCUT2D eigenvalue weighted by Crippen LogP contribution is 2.38. The van der Waals surface area contributed by atoms with Gasteiger partial charge in [0.15, 0.2) is 0 Å². The first-order valence-corrected chi connectivity index (χ1v) is 14.3. The van der Waals surface area contributed by atoms with Crippen molar-refractivity contribution in [2.45, 2.75) is 109 Å². The number of alkyl halides is 2. The summed E-state index contributed by atoms with van der Waals surface area (Å²) in [6.07, 6.45) is 12.1. The van der Waals surface area contributed by atoms with Crippen molar-refractivity contribution in [3.63, 3.8) is 0 Å². The van der Waals surface area contributed by atoms with Gasteiger partial charge >= 0.3 is 6.11 Å². The predicted molar refractivity (Wildman–Crippen MR) is 145 cm³/mol. The summed E-state index contributed by atoms with van der Waals surface area (Å²) >= 11 is 0. The summed E-state index contributed by atoms with van der Waals surface area (Å²) in [4.78, 5) is 0. The van der Waals surface area contributed by atoms with Crippen LogP contribution in [0.3, 0.4) is 0 Å². The van der Waals surface area contributed by atoms with Gasteiger partial charge in [0, 0.05) is 0 Å². The molecule has 0 spiro atoms. The van der Waals surface area contributed by atoms with Crippen LogP contribution in [0.25, 0.3) is 0 Å². The lowest BCUT2D eigenvalue weighted by atomic mass is 9.77. The molecule has 0 aliphatic heterocycles. The van der Waals surface area contributed by atoms with Gasteiger partial charge in [-0.2, -0.15) is 8.78 Å². The average molecular weight is 495 g/mol. The van der Waals surface area contributed by atoms with E-state index in [0.29, 0.717) is 17.4 Å².